The lowest BCUT2D eigenvalue weighted by Crippen LogP contribution is -2.40. The maximum atomic E-state index is 10.3. The van der Waals surface area contributed by atoms with Gasteiger partial charge in [0.25, 0.3) is 0 Å². The molecule has 94 valence electrons. The van der Waals surface area contributed by atoms with Crippen LogP contribution in [0.3, 0.4) is 0 Å². The van der Waals surface area contributed by atoms with E-state index in [4.69, 9.17) is 4.74 Å². The van der Waals surface area contributed by atoms with Crippen LogP contribution in [-0.4, -0.2) is 23.4 Å². The number of rotatable bonds is 1. The summed E-state index contributed by atoms with van der Waals surface area (Å²) in [5.41, 5.74) is 2.36. The summed E-state index contributed by atoms with van der Waals surface area (Å²) in [7, 11) is 0. The Morgan fingerprint density at radius 3 is 2.65 bits per heavy atom. The molecule has 1 N–H and O–H groups in total. The maximum absolute atomic E-state index is 10.3. The smallest absolute Gasteiger partial charge is 0.0658 e. The second kappa shape index (κ2) is 5.09. The van der Waals surface area contributed by atoms with Gasteiger partial charge in [-0.05, 0) is 44.4 Å². The fourth-order valence-corrected chi connectivity index (χ4v) is 3.43. The van der Waals surface area contributed by atoms with Crippen LogP contribution in [0, 0.1) is 6.92 Å². The number of benzene rings is 1. The topological polar surface area (TPSA) is 29.5 Å². The molecule has 1 heterocycles. The molecule has 0 amide bonds. The number of aliphatic hydroxyl groups is 1. The van der Waals surface area contributed by atoms with Gasteiger partial charge in [-0.15, -0.1) is 0 Å². The molecule has 0 aromatic heterocycles. The van der Waals surface area contributed by atoms with Crippen molar-refractivity contribution >= 4 is 15.9 Å². The van der Waals surface area contributed by atoms with E-state index in [-0.39, 0.29) is 24.2 Å². The number of hydrogen-bond donors (Lipinski definition) is 1. The first-order valence-corrected chi connectivity index (χ1v) is 6.88. The second-order valence-electron chi connectivity index (χ2n) is 5.01. The molecule has 1 fully saturated rings. The standard InChI is InChI=1S/C14H19BrO2/c1-8-4-5-11(12(15)6-8)14-10(3)17-9(2)7-13(14)16/h4-6,9-10,13-14,16H,7H2,1-3H3. The van der Waals surface area contributed by atoms with Crippen LogP contribution in [0.2, 0.25) is 0 Å². The van der Waals surface area contributed by atoms with Crippen LogP contribution in [0.4, 0.5) is 0 Å². The lowest BCUT2D eigenvalue weighted by Gasteiger charge is -2.37. The van der Waals surface area contributed by atoms with Gasteiger partial charge in [0.15, 0.2) is 0 Å². The molecule has 1 aliphatic heterocycles. The molecule has 17 heavy (non-hydrogen) atoms. The molecule has 4 unspecified atom stereocenters. The monoisotopic (exact) mass is 298 g/mol. The average molecular weight is 299 g/mol. The first-order chi connectivity index (χ1) is 7.99. The van der Waals surface area contributed by atoms with Gasteiger partial charge in [0.2, 0.25) is 0 Å². The van der Waals surface area contributed by atoms with Gasteiger partial charge >= 0.3 is 0 Å². The van der Waals surface area contributed by atoms with Crippen LogP contribution in [0.25, 0.3) is 0 Å². The van der Waals surface area contributed by atoms with E-state index in [2.05, 4.69) is 41.1 Å². The molecular formula is C14H19BrO2. The minimum absolute atomic E-state index is 0.0488. The van der Waals surface area contributed by atoms with Gasteiger partial charge in [0.05, 0.1) is 18.3 Å². The molecule has 1 aliphatic rings. The Morgan fingerprint density at radius 1 is 1.35 bits per heavy atom. The van der Waals surface area contributed by atoms with E-state index in [1.807, 2.05) is 13.8 Å². The Morgan fingerprint density at radius 2 is 2.06 bits per heavy atom. The Labute approximate surface area is 111 Å². The Balaban J connectivity index is 2.31. The number of ether oxygens (including phenoxy) is 1. The Kier molecular flexibility index (Phi) is 3.91. The van der Waals surface area contributed by atoms with E-state index in [1.165, 1.54) is 5.56 Å². The predicted molar refractivity (Wildman–Crippen MR) is 72.3 cm³/mol. The van der Waals surface area contributed by atoms with E-state index in [0.717, 1.165) is 10.0 Å². The number of aryl methyl sites for hydroxylation is 1. The average Bonchev–Trinajstić information content (AvgIpc) is 2.19. The van der Waals surface area contributed by atoms with E-state index in [1.54, 1.807) is 0 Å². The van der Waals surface area contributed by atoms with Gasteiger partial charge in [-0.3, -0.25) is 0 Å². The van der Waals surface area contributed by atoms with Crippen LogP contribution in [-0.2, 0) is 4.74 Å². The zero-order valence-electron chi connectivity index (χ0n) is 10.5. The summed E-state index contributed by atoms with van der Waals surface area (Å²) < 4.78 is 6.89. The highest BCUT2D eigenvalue weighted by atomic mass is 79.9. The quantitative estimate of drug-likeness (QED) is 0.861. The van der Waals surface area contributed by atoms with Crippen LogP contribution in [0.5, 0.6) is 0 Å². The highest BCUT2D eigenvalue weighted by Gasteiger charge is 2.35. The van der Waals surface area contributed by atoms with Crippen LogP contribution < -0.4 is 0 Å². The van der Waals surface area contributed by atoms with Crippen LogP contribution >= 0.6 is 15.9 Å². The van der Waals surface area contributed by atoms with Gasteiger partial charge in [0.1, 0.15) is 0 Å². The van der Waals surface area contributed by atoms with E-state index >= 15 is 0 Å². The molecule has 0 saturated carbocycles. The molecule has 0 spiro atoms. The summed E-state index contributed by atoms with van der Waals surface area (Å²) in [6, 6.07) is 6.26. The van der Waals surface area contributed by atoms with Gasteiger partial charge in [-0.25, -0.2) is 0 Å². The van der Waals surface area contributed by atoms with Crippen molar-refractivity contribution in [3.05, 3.63) is 33.8 Å². The van der Waals surface area contributed by atoms with Crippen molar-refractivity contribution in [3.8, 4) is 0 Å². The largest absolute Gasteiger partial charge is 0.392 e. The first-order valence-electron chi connectivity index (χ1n) is 6.08. The maximum Gasteiger partial charge on any atom is 0.0658 e. The summed E-state index contributed by atoms with van der Waals surface area (Å²) in [5, 5.41) is 10.3. The highest BCUT2D eigenvalue weighted by Crippen LogP contribution is 2.37. The SMILES string of the molecule is Cc1ccc(C2C(O)CC(C)OC2C)c(Br)c1. The fourth-order valence-electron chi connectivity index (χ4n) is 2.67. The summed E-state index contributed by atoms with van der Waals surface area (Å²) in [4.78, 5) is 0. The molecular weight excluding hydrogens is 280 g/mol. The van der Waals surface area contributed by atoms with Crippen molar-refractivity contribution in [1.29, 1.82) is 0 Å². The van der Waals surface area contributed by atoms with Crippen LogP contribution in [0.1, 0.15) is 37.3 Å². The van der Waals surface area contributed by atoms with Crippen LogP contribution in [0.15, 0.2) is 22.7 Å². The van der Waals surface area contributed by atoms with Crippen molar-refractivity contribution in [2.75, 3.05) is 0 Å². The molecule has 1 aromatic carbocycles. The molecule has 2 rings (SSSR count). The summed E-state index contributed by atoms with van der Waals surface area (Å²) in [5.74, 6) is 0.0566. The normalized spacial score (nSPS) is 33.7. The van der Waals surface area contributed by atoms with E-state index < -0.39 is 0 Å². The van der Waals surface area contributed by atoms with E-state index in [9.17, 15) is 5.11 Å². The third-order valence-corrected chi connectivity index (χ3v) is 4.14. The molecule has 0 aliphatic carbocycles. The summed E-state index contributed by atoms with van der Waals surface area (Å²) in [6.07, 6.45) is 0.566. The zero-order valence-corrected chi connectivity index (χ0v) is 12.1. The summed E-state index contributed by atoms with van der Waals surface area (Å²) in [6.45, 7) is 6.11. The molecule has 2 nitrogen and oxygen atoms in total. The van der Waals surface area contributed by atoms with Gasteiger partial charge in [-0.1, -0.05) is 28.1 Å². The molecule has 4 atom stereocenters. The highest BCUT2D eigenvalue weighted by molar-refractivity contribution is 9.10. The van der Waals surface area contributed by atoms with Crippen molar-refractivity contribution in [2.45, 2.75) is 51.4 Å². The van der Waals surface area contributed by atoms with Gasteiger partial charge in [-0.2, -0.15) is 0 Å². The minimum Gasteiger partial charge on any atom is -0.392 e. The number of halogens is 1. The summed E-state index contributed by atoms with van der Waals surface area (Å²) >= 11 is 3.59. The van der Waals surface area contributed by atoms with Crippen molar-refractivity contribution < 1.29 is 9.84 Å². The predicted octanol–water partition coefficient (Wildman–Crippen LogP) is 3.40. The Hall–Kier alpha value is -0.380. The second-order valence-corrected chi connectivity index (χ2v) is 5.86. The van der Waals surface area contributed by atoms with Crippen molar-refractivity contribution in [1.82, 2.24) is 0 Å². The third-order valence-electron chi connectivity index (χ3n) is 3.46. The van der Waals surface area contributed by atoms with Crippen molar-refractivity contribution in [2.24, 2.45) is 0 Å². The molecule has 1 aromatic rings. The molecule has 0 bridgehead atoms. The minimum atomic E-state index is -0.326. The lowest BCUT2D eigenvalue weighted by atomic mass is 9.84. The number of aliphatic hydroxyl groups excluding tert-OH is 1. The van der Waals surface area contributed by atoms with Gasteiger partial charge in [0, 0.05) is 10.4 Å². The third kappa shape index (κ3) is 2.72. The van der Waals surface area contributed by atoms with E-state index in [0.29, 0.717) is 6.42 Å². The fraction of sp³-hybridized carbons (Fsp3) is 0.571. The van der Waals surface area contributed by atoms with Crippen molar-refractivity contribution in [3.63, 3.8) is 0 Å². The van der Waals surface area contributed by atoms with Gasteiger partial charge < -0.3 is 9.84 Å². The lowest BCUT2D eigenvalue weighted by molar-refractivity contribution is -0.0961. The molecule has 0 radical (unpaired) electrons. The zero-order chi connectivity index (χ0) is 12.6. The Bertz CT molecular complexity index is 393. The molecule has 1 saturated heterocycles. The first kappa shape index (κ1) is 13.1. The molecule has 3 heteroatoms. The number of hydrogen-bond acceptors (Lipinski definition) is 2.